The number of para-hydroxylation sites is 1. The van der Waals surface area contributed by atoms with E-state index >= 15 is 0 Å². The van der Waals surface area contributed by atoms with Gasteiger partial charge in [-0.15, -0.1) is 0 Å². The van der Waals surface area contributed by atoms with E-state index in [-0.39, 0.29) is 6.10 Å². The topological polar surface area (TPSA) is 44.7 Å². The molecule has 1 unspecified atom stereocenters. The Hall–Kier alpha value is -1.10. The summed E-state index contributed by atoms with van der Waals surface area (Å²) in [6, 6.07) is 10.7. The molecule has 0 aromatic heterocycles. The molecular formula is C14H22N2O2. The Labute approximate surface area is 109 Å². The Morgan fingerprint density at radius 3 is 2.94 bits per heavy atom. The van der Waals surface area contributed by atoms with Gasteiger partial charge in [0.25, 0.3) is 0 Å². The zero-order valence-corrected chi connectivity index (χ0v) is 10.9. The zero-order valence-electron chi connectivity index (χ0n) is 10.9. The van der Waals surface area contributed by atoms with Crippen molar-refractivity contribution in [3.8, 4) is 0 Å². The molecule has 1 saturated heterocycles. The van der Waals surface area contributed by atoms with Gasteiger partial charge in [-0.1, -0.05) is 18.2 Å². The van der Waals surface area contributed by atoms with Gasteiger partial charge in [-0.3, -0.25) is 4.90 Å². The van der Waals surface area contributed by atoms with Gasteiger partial charge in [0, 0.05) is 38.5 Å². The first-order valence-corrected chi connectivity index (χ1v) is 6.49. The first kappa shape index (κ1) is 13.3. The minimum atomic E-state index is -0.384. The summed E-state index contributed by atoms with van der Waals surface area (Å²) in [7, 11) is 1.62. The second-order valence-corrected chi connectivity index (χ2v) is 4.86. The number of hydrogen-bond acceptors (Lipinski definition) is 4. The van der Waals surface area contributed by atoms with Gasteiger partial charge in [0.15, 0.2) is 0 Å². The monoisotopic (exact) mass is 250 g/mol. The van der Waals surface area contributed by atoms with E-state index in [1.165, 1.54) is 5.69 Å². The molecule has 0 radical (unpaired) electrons. The summed E-state index contributed by atoms with van der Waals surface area (Å²) >= 11 is 0. The molecule has 0 aliphatic carbocycles. The normalized spacial score (nSPS) is 22.0. The van der Waals surface area contributed by atoms with Gasteiger partial charge >= 0.3 is 0 Å². The maximum Gasteiger partial charge on any atom is 0.0900 e. The smallest absolute Gasteiger partial charge is 0.0900 e. The van der Waals surface area contributed by atoms with E-state index in [1.807, 2.05) is 18.2 Å². The molecule has 2 atom stereocenters. The van der Waals surface area contributed by atoms with Crippen LogP contribution in [0.3, 0.4) is 0 Å². The third-order valence-electron chi connectivity index (χ3n) is 3.24. The number of nitrogens with one attached hydrogen (secondary N) is 1. The van der Waals surface area contributed by atoms with Crippen LogP contribution in [0.4, 0.5) is 5.69 Å². The van der Waals surface area contributed by atoms with Crippen LogP contribution in [0.25, 0.3) is 0 Å². The number of methoxy groups -OCH3 is 1. The average Bonchev–Trinajstić information content (AvgIpc) is 2.78. The van der Waals surface area contributed by atoms with Gasteiger partial charge in [0.1, 0.15) is 0 Å². The molecule has 1 aromatic rings. The SMILES string of the molecule is COC[C@H](O)CN1CCC(Nc2ccccc2)C1. The molecule has 100 valence electrons. The number of rotatable bonds is 6. The highest BCUT2D eigenvalue weighted by molar-refractivity contribution is 5.43. The number of aliphatic hydroxyl groups is 1. The van der Waals surface area contributed by atoms with Crippen LogP contribution in [0.15, 0.2) is 30.3 Å². The Morgan fingerprint density at radius 1 is 1.44 bits per heavy atom. The lowest BCUT2D eigenvalue weighted by Gasteiger charge is -2.20. The van der Waals surface area contributed by atoms with Crippen LogP contribution in [0.5, 0.6) is 0 Å². The van der Waals surface area contributed by atoms with Gasteiger partial charge < -0.3 is 15.2 Å². The van der Waals surface area contributed by atoms with Crippen LogP contribution in [0.2, 0.25) is 0 Å². The van der Waals surface area contributed by atoms with E-state index < -0.39 is 0 Å². The first-order chi connectivity index (χ1) is 8.78. The Bertz CT molecular complexity index is 345. The number of benzene rings is 1. The minimum absolute atomic E-state index is 0.384. The number of likely N-dealkylation sites (tertiary alicyclic amines) is 1. The standard InChI is InChI=1S/C14H22N2O2/c1-18-11-14(17)10-16-8-7-13(9-16)15-12-5-3-2-4-6-12/h2-6,13-15,17H,7-11H2,1H3/t13?,14-/m1/s1. The summed E-state index contributed by atoms with van der Waals surface area (Å²) in [6.45, 7) is 3.12. The third kappa shape index (κ3) is 3.98. The molecular weight excluding hydrogens is 228 g/mol. The molecule has 0 amide bonds. The predicted octanol–water partition coefficient (Wildman–Crippen LogP) is 1.18. The fraction of sp³-hybridized carbons (Fsp3) is 0.571. The number of aliphatic hydroxyl groups excluding tert-OH is 1. The average molecular weight is 250 g/mol. The Kier molecular flexibility index (Phi) is 4.99. The minimum Gasteiger partial charge on any atom is -0.389 e. The summed E-state index contributed by atoms with van der Waals surface area (Å²) in [6.07, 6.45) is 0.736. The van der Waals surface area contributed by atoms with Crippen molar-refractivity contribution in [2.45, 2.75) is 18.6 Å². The van der Waals surface area contributed by atoms with E-state index in [2.05, 4.69) is 22.3 Å². The number of β-amino-alcohol motifs (C(OH)–C–C–N with tert-alkyl or cyclic N) is 1. The van der Waals surface area contributed by atoms with Crippen LogP contribution in [-0.2, 0) is 4.74 Å². The van der Waals surface area contributed by atoms with Crippen molar-refractivity contribution in [3.05, 3.63) is 30.3 Å². The van der Waals surface area contributed by atoms with E-state index in [0.717, 1.165) is 19.5 Å². The lowest BCUT2D eigenvalue weighted by atomic mass is 10.2. The summed E-state index contributed by atoms with van der Waals surface area (Å²) in [5, 5.41) is 13.2. The number of anilines is 1. The Balaban J connectivity index is 1.75. The fourth-order valence-electron chi connectivity index (χ4n) is 2.43. The highest BCUT2D eigenvalue weighted by atomic mass is 16.5. The lowest BCUT2D eigenvalue weighted by Crippen LogP contribution is -2.34. The largest absolute Gasteiger partial charge is 0.389 e. The van der Waals surface area contributed by atoms with E-state index in [4.69, 9.17) is 4.74 Å². The molecule has 18 heavy (non-hydrogen) atoms. The van der Waals surface area contributed by atoms with Gasteiger partial charge in [-0.05, 0) is 18.6 Å². The van der Waals surface area contributed by atoms with Crippen molar-refractivity contribution in [2.24, 2.45) is 0 Å². The van der Waals surface area contributed by atoms with Crippen molar-refractivity contribution in [1.82, 2.24) is 4.90 Å². The molecule has 4 nitrogen and oxygen atoms in total. The molecule has 2 N–H and O–H groups in total. The number of ether oxygens (including phenoxy) is 1. The first-order valence-electron chi connectivity index (χ1n) is 6.49. The van der Waals surface area contributed by atoms with Gasteiger partial charge in [0.2, 0.25) is 0 Å². The number of nitrogens with zero attached hydrogens (tertiary/aromatic N) is 1. The molecule has 0 saturated carbocycles. The van der Waals surface area contributed by atoms with Crippen molar-refractivity contribution >= 4 is 5.69 Å². The van der Waals surface area contributed by atoms with Crippen LogP contribution < -0.4 is 5.32 Å². The molecule has 4 heteroatoms. The molecule has 0 spiro atoms. The highest BCUT2D eigenvalue weighted by Crippen LogP contribution is 2.15. The van der Waals surface area contributed by atoms with Crippen LogP contribution >= 0.6 is 0 Å². The van der Waals surface area contributed by atoms with Gasteiger partial charge in [-0.2, -0.15) is 0 Å². The summed E-state index contributed by atoms with van der Waals surface area (Å²) in [5.41, 5.74) is 1.17. The van der Waals surface area contributed by atoms with E-state index in [0.29, 0.717) is 19.2 Å². The maximum absolute atomic E-state index is 9.70. The van der Waals surface area contributed by atoms with Crippen molar-refractivity contribution < 1.29 is 9.84 Å². The summed E-state index contributed by atoms with van der Waals surface area (Å²) in [5.74, 6) is 0. The van der Waals surface area contributed by atoms with Crippen molar-refractivity contribution in [3.63, 3.8) is 0 Å². The highest BCUT2D eigenvalue weighted by Gasteiger charge is 2.23. The quantitative estimate of drug-likeness (QED) is 0.796. The second kappa shape index (κ2) is 6.73. The molecule has 1 aromatic carbocycles. The van der Waals surface area contributed by atoms with E-state index in [1.54, 1.807) is 7.11 Å². The predicted molar refractivity (Wildman–Crippen MR) is 72.8 cm³/mol. The summed E-state index contributed by atoms with van der Waals surface area (Å²) < 4.78 is 4.94. The fourth-order valence-corrected chi connectivity index (χ4v) is 2.43. The molecule has 1 aliphatic rings. The van der Waals surface area contributed by atoms with Crippen LogP contribution in [-0.4, -0.2) is 55.5 Å². The van der Waals surface area contributed by atoms with E-state index in [9.17, 15) is 5.11 Å². The van der Waals surface area contributed by atoms with Crippen LogP contribution in [0.1, 0.15) is 6.42 Å². The van der Waals surface area contributed by atoms with Gasteiger partial charge in [-0.25, -0.2) is 0 Å². The molecule has 0 bridgehead atoms. The molecule has 1 heterocycles. The van der Waals surface area contributed by atoms with Crippen LogP contribution in [0, 0.1) is 0 Å². The lowest BCUT2D eigenvalue weighted by molar-refractivity contribution is 0.0427. The Morgan fingerprint density at radius 2 is 2.22 bits per heavy atom. The molecule has 1 fully saturated rings. The van der Waals surface area contributed by atoms with Gasteiger partial charge in [0.05, 0.1) is 12.7 Å². The maximum atomic E-state index is 9.70. The molecule has 1 aliphatic heterocycles. The second-order valence-electron chi connectivity index (χ2n) is 4.86. The van der Waals surface area contributed by atoms with Crippen molar-refractivity contribution in [2.75, 3.05) is 38.7 Å². The zero-order chi connectivity index (χ0) is 12.8. The van der Waals surface area contributed by atoms with Crippen molar-refractivity contribution in [1.29, 1.82) is 0 Å². The third-order valence-corrected chi connectivity index (χ3v) is 3.24. The molecule has 2 rings (SSSR count). The summed E-state index contributed by atoms with van der Waals surface area (Å²) in [4.78, 5) is 2.28. The number of hydrogen-bond donors (Lipinski definition) is 2.